The van der Waals surface area contributed by atoms with Crippen LogP contribution in [0.3, 0.4) is 0 Å². The van der Waals surface area contributed by atoms with Gasteiger partial charge < -0.3 is 9.84 Å². The van der Waals surface area contributed by atoms with Crippen molar-refractivity contribution in [1.29, 1.82) is 0 Å². The molecule has 1 N–H and O–H groups in total. The predicted molar refractivity (Wildman–Crippen MR) is 59.5 cm³/mol. The number of carbonyl (C=O) groups excluding carboxylic acids is 1. The van der Waals surface area contributed by atoms with E-state index in [2.05, 4.69) is 0 Å². The van der Waals surface area contributed by atoms with Crippen LogP contribution in [0.1, 0.15) is 12.5 Å². The highest BCUT2D eigenvalue weighted by Gasteiger charge is 2.31. The lowest BCUT2D eigenvalue weighted by molar-refractivity contribution is -0.142. The van der Waals surface area contributed by atoms with E-state index >= 15 is 0 Å². The fourth-order valence-electron chi connectivity index (χ4n) is 1.83. The quantitative estimate of drug-likeness (QED) is 0.785. The summed E-state index contributed by atoms with van der Waals surface area (Å²) in [5.74, 6) is -0.316. The number of rotatable bonds is 3. The van der Waals surface area contributed by atoms with Gasteiger partial charge >= 0.3 is 5.97 Å². The second-order valence-electron chi connectivity index (χ2n) is 3.98. The second kappa shape index (κ2) is 4.49. The Kier molecular flexibility index (Phi) is 3.06. The molecule has 3 nitrogen and oxygen atoms in total. The number of cyclic esters (lactones) is 1. The van der Waals surface area contributed by atoms with Crippen molar-refractivity contribution in [3.05, 3.63) is 47.7 Å². The first-order valence-electron chi connectivity index (χ1n) is 5.29. The first kappa shape index (κ1) is 10.9. The van der Waals surface area contributed by atoms with Gasteiger partial charge in [-0.25, -0.2) is 0 Å². The molecule has 16 heavy (non-hydrogen) atoms. The van der Waals surface area contributed by atoms with Gasteiger partial charge in [0.05, 0.1) is 6.10 Å². The van der Waals surface area contributed by atoms with Crippen molar-refractivity contribution in [2.45, 2.75) is 19.4 Å². The normalized spacial score (nSPS) is 21.5. The zero-order chi connectivity index (χ0) is 11.5. The van der Waals surface area contributed by atoms with E-state index in [0.29, 0.717) is 12.2 Å². The van der Waals surface area contributed by atoms with Crippen molar-refractivity contribution in [2.24, 2.45) is 5.92 Å². The molecule has 2 atom stereocenters. The molecule has 2 rings (SSSR count). The van der Waals surface area contributed by atoms with Gasteiger partial charge in [0, 0.05) is 0 Å². The number of hydrogen-bond acceptors (Lipinski definition) is 3. The Hall–Kier alpha value is -1.61. The fourth-order valence-corrected chi connectivity index (χ4v) is 1.83. The molecule has 0 saturated carbocycles. The first-order valence-corrected chi connectivity index (χ1v) is 5.29. The van der Waals surface area contributed by atoms with E-state index < -0.39 is 12.0 Å². The van der Waals surface area contributed by atoms with Crippen LogP contribution in [0.5, 0.6) is 0 Å². The number of benzene rings is 1. The first-order chi connectivity index (χ1) is 7.66. The van der Waals surface area contributed by atoms with E-state index in [4.69, 9.17) is 4.74 Å². The van der Waals surface area contributed by atoms with Crippen LogP contribution < -0.4 is 0 Å². The predicted octanol–water partition coefficient (Wildman–Crippen LogP) is 1.67. The number of esters is 1. The van der Waals surface area contributed by atoms with Gasteiger partial charge in [-0.2, -0.15) is 0 Å². The highest BCUT2D eigenvalue weighted by molar-refractivity contribution is 5.78. The van der Waals surface area contributed by atoms with Gasteiger partial charge in [-0.15, -0.1) is 0 Å². The summed E-state index contributed by atoms with van der Waals surface area (Å²) in [6.45, 7) is 1.72. The number of aliphatic hydroxyl groups is 1. The maximum absolute atomic E-state index is 11.4. The van der Waals surface area contributed by atoms with E-state index in [9.17, 15) is 9.90 Å². The minimum Gasteiger partial charge on any atom is -0.431 e. The standard InChI is InChI=1S/C13H14O3/c1-9-7-11(13(15)16-9)12(14)8-10-5-3-2-4-6-10/h2-7,11-12,14H,8H2,1H3. The van der Waals surface area contributed by atoms with Crippen LogP contribution in [-0.2, 0) is 16.0 Å². The molecular formula is C13H14O3. The minimum absolute atomic E-state index is 0.360. The summed E-state index contributed by atoms with van der Waals surface area (Å²) >= 11 is 0. The molecule has 84 valence electrons. The Morgan fingerprint density at radius 2 is 2.06 bits per heavy atom. The molecule has 0 bridgehead atoms. The van der Waals surface area contributed by atoms with Crippen molar-refractivity contribution in [3.63, 3.8) is 0 Å². The van der Waals surface area contributed by atoms with E-state index in [-0.39, 0.29) is 5.97 Å². The Bertz CT molecular complexity index is 408. The van der Waals surface area contributed by atoms with E-state index in [1.54, 1.807) is 13.0 Å². The lowest BCUT2D eigenvalue weighted by Gasteiger charge is -2.13. The van der Waals surface area contributed by atoms with Gasteiger partial charge in [0.25, 0.3) is 0 Å². The van der Waals surface area contributed by atoms with Gasteiger partial charge in [0.1, 0.15) is 11.7 Å². The molecule has 0 saturated heterocycles. The Balaban J connectivity index is 2.04. The Morgan fingerprint density at radius 1 is 1.38 bits per heavy atom. The average molecular weight is 218 g/mol. The smallest absolute Gasteiger partial charge is 0.320 e. The SMILES string of the molecule is CC1=CC(C(O)Cc2ccccc2)C(=O)O1. The zero-order valence-corrected chi connectivity index (χ0v) is 9.09. The molecule has 0 aliphatic carbocycles. The number of hydrogen-bond donors (Lipinski definition) is 1. The van der Waals surface area contributed by atoms with Crippen molar-refractivity contribution in [1.82, 2.24) is 0 Å². The van der Waals surface area contributed by atoms with Crippen molar-refractivity contribution < 1.29 is 14.6 Å². The van der Waals surface area contributed by atoms with Gasteiger partial charge in [-0.1, -0.05) is 30.3 Å². The monoisotopic (exact) mass is 218 g/mol. The minimum atomic E-state index is -0.715. The third kappa shape index (κ3) is 2.31. The number of allylic oxidation sites excluding steroid dienone is 1. The fraction of sp³-hybridized carbons (Fsp3) is 0.308. The highest BCUT2D eigenvalue weighted by Crippen LogP contribution is 2.22. The topological polar surface area (TPSA) is 46.5 Å². The van der Waals surface area contributed by atoms with Crippen LogP contribution in [0.2, 0.25) is 0 Å². The second-order valence-corrected chi connectivity index (χ2v) is 3.98. The molecule has 2 unspecified atom stereocenters. The average Bonchev–Trinajstić information content (AvgIpc) is 2.59. The Morgan fingerprint density at radius 3 is 2.62 bits per heavy atom. The van der Waals surface area contributed by atoms with Crippen LogP contribution in [0.15, 0.2) is 42.2 Å². The van der Waals surface area contributed by atoms with Crippen LogP contribution in [0.25, 0.3) is 0 Å². The van der Waals surface area contributed by atoms with E-state index in [1.807, 2.05) is 30.3 Å². The molecule has 1 aliphatic rings. The van der Waals surface area contributed by atoms with Gasteiger partial charge in [0.15, 0.2) is 0 Å². The lowest BCUT2D eigenvalue weighted by atomic mass is 9.96. The zero-order valence-electron chi connectivity index (χ0n) is 9.09. The van der Waals surface area contributed by atoms with Crippen LogP contribution >= 0.6 is 0 Å². The van der Waals surface area contributed by atoms with Crippen molar-refractivity contribution in [2.75, 3.05) is 0 Å². The van der Waals surface area contributed by atoms with Crippen molar-refractivity contribution >= 4 is 5.97 Å². The van der Waals surface area contributed by atoms with Crippen LogP contribution in [0.4, 0.5) is 0 Å². The van der Waals surface area contributed by atoms with Gasteiger partial charge in [0.2, 0.25) is 0 Å². The number of ether oxygens (including phenoxy) is 1. The molecular weight excluding hydrogens is 204 g/mol. The lowest BCUT2D eigenvalue weighted by Crippen LogP contribution is -2.26. The van der Waals surface area contributed by atoms with Gasteiger partial charge in [-0.3, -0.25) is 4.79 Å². The molecule has 0 amide bonds. The number of aliphatic hydroxyl groups excluding tert-OH is 1. The third-order valence-electron chi connectivity index (χ3n) is 2.65. The summed E-state index contributed by atoms with van der Waals surface area (Å²) in [5, 5.41) is 9.95. The molecule has 1 aromatic rings. The molecule has 0 radical (unpaired) electrons. The van der Waals surface area contributed by atoms with Crippen LogP contribution in [0, 0.1) is 5.92 Å². The van der Waals surface area contributed by atoms with Crippen molar-refractivity contribution in [3.8, 4) is 0 Å². The Labute approximate surface area is 94.4 Å². The third-order valence-corrected chi connectivity index (χ3v) is 2.65. The summed E-state index contributed by atoms with van der Waals surface area (Å²) in [4.78, 5) is 11.4. The van der Waals surface area contributed by atoms with E-state index in [0.717, 1.165) is 5.56 Å². The van der Waals surface area contributed by atoms with E-state index in [1.165, 1.54) is 0 Å². The number of carbonyl (C=O) groups is 1. The molecule has 0 spiro atoms. The van der Waals surface area contributed by atoms with Crippen LogP contribution in [-0.4, -0.2) is 17.2 Å². The summed E-state index contributed by atoms with van der Waals surface area (Å²) in [6, 6.07) is 9.61. The molecule has 1 aromatic carbocycles. The molecule has 0 aromatic heterocycles. The molecule has 1 aliphatic heterocycles. The largest absolute Gasteiger partial charge is 0.431 e. The van der Waals surface area contributed by atoms with Gasteiger partial charge in [-0.05, 0) is 25.0 Å². The summed E-state index contributed by atoms with van der Waals surface area (Å²) in [6.07, 6.45) is 1.42. The maximum Gasteiger partial charge on any atom is 0.320 e. The molecule has 0 fully saturated rings. The molecule has 1 heterocycles. The summed E-state index contributed by atoms with van der Waals surface area (Å²) in [7, 11) is 0. The summed E-state index contributed by atoms with van der Waals surface area (Å²) < 4.78 is 4.89. The maximum atomic E-state index is 11.4. The summed E-state index contributed by atoms with van der Waals surface area (Å²) in [5.41, 5.74) is 1.01. The highest BCUT2D eigenvalue weighted by atomic mass is 16.5. The molecule has 3 heteroatoms.